The average Bonchev–Trinajstić information content (AvgIpc) is 3.17. The van der Waals surface area contributed by atoms with Crippen molar-refractivity contribution in [3.8, 4) is 0 Å². The van der Waals surface area contributed by atoms with E-state index < -0.39 is 42.1 Å². The zero-order valence-corrected chi connectivity index (χ0v) is 22.0. The standard InChI is InChI=1S/C29H25N3O6S/c1-18-3-11-22(12-4-18)30-25(33)16-32-27(35)24(39-29(32)37)15-20-7-9-21(10-8-20)28(36)38-17-26(34)31-23-13-5-19(2)6-14-23/h3-15H,16-17H2,1-2H3,(H,30,33)(H,31,34)/b24-15-. The van der Waals surface area contributed by atoms with E-state index in [9.17, 15) is 24.0 Å². The van der Waals surface area contributed by atoms with Crippen molar-refractivity contribution >= 4 is 58.1 Å². The molecule has 3 aromatic rings. The number of nitrogens with one attached hydrogen (secondary N) is 2. The summed E-state index contributed by atoms with van der Waals surface area (Å²) in [6.07, 6.45) is 1.51. The van der Waals surface area contributed by atoms with Gasteiger partial charge in [-0.05, 0) is 73.6 Å². The number of amides is 4. The fourth-order valence-electron chi connectivity index (χ4n) is 3.53. The molecule has 1 saturated heterocycles. The van der Waals surface area contributed by atoms with Crippen LogP contribution in [-0.2, 0) is 19.1 Å². The van der Waals surface area contributed by atoms with Crippen molar-refractivity contribution in [2.24, 2.45) is 0 Å². The lowest BCUT2D eigenvalue weighted by molar-refractivity contribution is -0.127. The molecule has 4 rings (SSSR count). The van der Waals surface area contributed by atoms with Crippen molar-refractivity contribution in [3.05, 3.63) is 100.0 Å². The number of aryl methyl sites for hydroxylation is 2. The zero-order valence-electron chi connectivity index (χ0n) is 21.2. The Morgan fingerprint density at radius 3 is 1.90 bits per heavy atom. The van der Waals surface area contributed by atoms with E-state index in [4.69, 9.17) is 4.74 Å². The summed E-state index contributed by atoms with van der Waals surface area (Å²) in [4.78, 5) is 62.9. The number of thioether (sulfide) groups is 1. The minimum absolute atomic E-state index is 0.159. The highest BCUT2D eigenvalue weighted by Gasteiger charge is 2.36. The molecule has 0 unspecified atom stereocenters. The normalized spacial score (nSPS) is 13.9. The zero-order chi connectivity index (χ0) is 27.9. The van der Waals surface area contributed by atoms with E-state index in [-0.39, 0.29) is 10.5 Å². The Morgan fingerprint density at radius 1 is 0.795 bits per heavy atom. The predicted molar refractivity (Wildman–Crippen MR) is 149 cm³/mol. The van der Waals surface area contributed by atoms with Crippen LogP contribution in [0.5, 0.6) is 0 Å². The highest BCUT2D eigenvalue weighted by molar-refractivity contribution is 8.18. The maximum absolute atomic E-state index is 12.7. The van der Waals surface area contributed by atoms with Gasteiger partial charge in [-0.15, -0.1) is 0 Å². The van der Waals surface area contributed by atoms with Crippen LogP contribution in [0.4, 0.5) is 16.2 Å². The first-order valence-electron chi connectivity index (χ1n) is 11.9. The first-order chi connectivity index (χ1) is 18.7. The number of carbonyl (C=O) groups is 5. The lowest BCUT2D eigenvalue weighted by atomic mass is 10.1. The monoisotopic (exact) mass is 543 g/mol. The van der Waals surface area contributed by atoms with Crippen molar-refractivity contribution in [2.75, 3.05) is 23.8 Å². The summed E-state index contributed by atoms with van der Waals surface area (Å²) in [6.45, 7) is 3.01. The van der Waals surface area contributed by atoms with Crippen LogP contribution in [0.1, 0.15) is 27.0 Å². The van der Waals surface area contributed by atoms with Crippen LogP contribution in [-0.4, -0.2) is 47.0 Å². The number of rotatable bonds is 8. The number of nitrogens with zero attached hydrogens (tertiary/aromatic N) is 1. The van der Waals surface area contributed by atoms with Crippen LogP contribution in [0.3, 0.4) is 0 Å². The van der Waals surface area contributed by atoms with Crippen LogP contribution < -0.4 is 10.6 Å². The van der Waals surface area contributed by atoms with Gasteiger partial charge in [0.05, 0.1) is 10.5 Å². The number of hydrogen-bond donors (Lipinski definition) is 2. The van der Waals surface area contributed by atoms with E-state index in [1.165, 1.54) is 18.2 Å². The third-order valence-electron chi connectivity index (χ3n) is 5.62. The van der Waals surface area contributed by atoms with Gasteiger partial charge in [-0.3, -0.25) is 24.1 Å². The molecule has 2 N–H and O–H groups in total. The quantitative estimate of drug-likeness (QED) is 0.310. The Kier molecular flexibility index (Phi) is 8.57. The lowest BCUT2D eigenvalue weighted by Crippen LogP contribution is -2.36. The van der Waals surface area contributed by atoms with Gasteiger partial charge < -0.3 is 15.4 Å². The summed E-state index contributed by atoms with van der Waals surface area (Å²) in [5.41, 5.74) is 4.05. The van der Waals surface area contributed by atoms with Crippen molar-refractivity contribution in [1.29, 1.82) is 0 Å². The van der Waals surface area contributed by atoms with Gasteiger partial charge in [0.25, 0.3) is 17.1 Å². The molecule has 0 saturated carbocycles. The van der Waals surface area contributed by atoms with Gasteiger partial charge in [0.1, 0.15) is 6.54 Å². The smallest absolute Gasteiger partial charge is 0.338 e. The van der Waals surface area contributed by atoms with Gasteiger partial charge in [-0.25, -0.2) is 4.79 Å². The first-order valence-corrected chi connectivity index (χ1v) is 12.8. The molecule has 0 radical (unpaired) electrons. The number of esters is 1. The molecule has 0 aromatic heterocycles. The van der Waals surface area contributed by atoms with E-state index in [2.05, 4.69) is 10.6 Å². The highest BCUT2D eigenvalue weighted by atomic mass is 32.2. The molecule has 198 valence electrons. The number of imide groups is 1. The number of ether oxygens (including phenoxy) is 1. The fraction of sp³-hybridized carbons (Fsp3) is 0.138. The summed E-state index contributed by atoms with van der Waals surface area (Å²) in [7, 11) is 0. The molecule has 0 spiro atoms. The van der Waals surface area contributed by atoms with Crippen LogP contribution in [0.15, 0.2) is 77.7 Å². The second-order valence-corrected chi connectivity index (χ2v) is 9.79. The minimum atomic E-state index is -0.680. The van der Waals surface area contributed by atoms with E-state index in [1.54, 1.807) is 36.4 Å². The van der Waals surface area contributed by atoms with Gasteiger partial charge in [-0.1, -0.05) is 47.5 Å². The Bertz CT molecular complexity index is 1450. The largest absolute Gasteiger partial charge is 0.452 e. The molecule has 4 amide bonds. The van der Waals surface area contributed by atoms with Crippen LogP contribution in [0.2, 0.25) is 0 Å². The van der Waals surface area contributed by atoms with E-state index in [0.29, 0.717) is 16.9 Å². The maximum atomic E-state index is 12.7. The van der Waals surface area contributed by atoms with E-state index in [1.807, 2.05) is 38.1 Å². The summed E-state index contributed by atoms with van der Waals surface area (Å²) < 4.78 is 5.08. The summed E-state index contributed by atoms with van der Waals surface area (Å²) in [5, 5.41) is 4.77. The molecule has 1 heterocycles. The molecule has 9 nitrogen and oxygen atoms in total. The predicted octanol–water partition coefficient (Wildman–Crippen LogP) is 4.77. The molecule has 0 atom stereocenters. The average molecular weight is 544 g/mol. The topological polar surface area (TPSA) is 122 Å². The van der Waals surface area contributed by atoms with Gasteiger partial charge in [0, 0.05) is 11.4 Å². The minimum Gasteiger partial charge on any atom is -0.452 e. The molecule has 0 bridgehead atoms. The molecule has 0 aliphatic carbocycles. The van der Waals surface area contributed by atoms with Gasteiger partial charge in [0.15, 0.2) is 6.61 Å². The van der Waals surface area contributed by atoms with Crippen LogP contribution in [0, 0.1) is 13.8 Å². The van der Waals surface area contributed by atoms with E-state index in [0.717, 1.165) is 27.8 Å². The van der Waals surface area contributed by atoms with Crippen LogP contribution >= 0.6 is 11.8 Å². The van der Waals surface area contributed by atoms with Gasteiger partial charge >= 0.3 is 5.97 Å². The Hall–Kier alpha value is -4.70. The molecule has 1 aliphatic rings. The number of hydrogen-bond acceptors (Lipinski definition) is 7. The molecule has 39 heavy (non-hydrogen) atoms. The molecular formula is C29H25N3O6S. The SMILES string of the molecule is Cc1ccc(NC(=O)COC(=O)c2ccc(/C=C3\SC(=O)N(CC(=O)Nc4ccc(C)cc4)C3=O)cc2)cc1. The first kappa shape index (κ1) is 27.3. The highest BCUT2D eigenvalue weighted by Crippen LogP contribution is 2.32. The lowest BCUT2D eigenvalue weighted by Gasteiger charge is -2.12. The molecule has 3 aromatic carbocycles. The summed E-state index contributed by atoms with van der Waals surface area (Å²) in [5.74, 6) is -2.21. The van der Waals surface area contributed by atoms with E-state index >= 15 is 0 Å². The van der Waals surface area contributed by atoms with Gasteiger partial charge in [-0.2, -0.15) is 0 Å². The molecule has 1 fully saturated rings. The molecule has 1 aliphatic heterocycles. The van der Waals surface area contributed by atoms with Crippen molar-refractivity contribution < 1.29 is 28.7 Å². The number of anilines is 2. The Morgan fingerprint density at radius 2 is 1.33 bits per heavy atom. The fourth-order valence-corrected chi connectivity index (χ4v) is 4.37. The van der Waals surface area contributed by atoms with Crippen molar-refractivity contribution in [3.63, 3.8) is 0 Å². The van der Waals surface area contributed by atoms with Gasteiger partial charge in [0.2, 0.25) is 5.91 Å². The van der Waals surface area contributed by atoms with Crippen molar-refractivity contribution in [1.82, 2.24) is 4.90 Å². The third-order valence-corrected chi connectivity index (χ3v) is 6.53. The Balaban J connectivity index is 1.30. The molecular weight excluding hydrogens is 518 g/mol. The number of benzene rings is 3. The Labute approximate surface area is 229 Å². The van der Waals surface area contributed by atoms with Crippen molar-refractivity contribution in [2.45, 2.75) is 13.8 Å². The second kappa shape index (κ2) is 12.2. The summed E-state index contributed by atoms with van der Waals surface area (Å²) in [6, 6.07) is 20.5. The number of carbonyl (C=O) groups excluding carboxylic acids is 5. The maximum Gasteiger partial charge on any atom is 0.338 e. The van der Waals surface area contributed by atoms with Crippen LogP contribution in [0.25, 0.3) is 6.08 Å². The summed E-state index contributed by atoms with van der Waals surface area (Å²) >= 11 is 0.733. The molecule has 10 heteroatoms. The second-order valence-electron chi connectivity index (χ2n) is 8.79. The third kappa shape index (κ3) is 7.42.